The highest BCUT2D eigenvalue weighted by Gasteiger charge is 2.18. The Morgan fingerprint density at radius 3 is 2.59 bits per heavy atom. The van der Waals surface area contributed by atoms with Crippen LogP contribution in [0.5, 0.6) is 0 Å². The van der Waals surface area contributed by atoms with Gasteiger partial charge in [0.2, 0.25) is 0 Å². The molecule has 1 aliphatic heterocycles. The number of nitrogens with zero attached hydrogens (tertiary/aromatic N) is 3. The number of carbonyl (C=O) groups is 1. The number of hydrogen-bond acceptors (Lipinski definition) is 5. The summed E-state index contributed by atoms with van der Waals surface area (Å²) in [6.07, 6.45) is 4.36. The van der Waals surface area contributed by atoms with E-state index in [0.29, 0.717) is 11.3 Å². The molecule has 2 aromatic carbocycles. The van der Waals surface area contributed by atoms with Crippen LogP contribution >= 0.6 is 0 Å². The Morgan fingerprint density at radius 1 is 1.03 bits per heavy atom. The van der Waals surface area contributed by atoms with Crippen LogP contribution in [0.1, 0.15) is 42.4 Å². The lowest BCUT2D eigenvalue weighted by molar-refractivity contribution is 0.101. The van der Waals surface area contributed by atoms with Gasteiger partial charge in [-0.3, -0.25) is 9.52 Å². The largest absolute Gasteiger partial charge is 0.311 e. The summed E-state index contributed by atoms with van der Waals surface area (Å²) in [6.45, 7) is 2.31. The van der Waals surface area contributed by atoms with Crippen LogP contribution < -0.4 is 4.72 Å². The third-order valence-corrected chi connectivity index (χ3v) is 6.43. The molecule has 4 rings (SSSR count). The maximum atomic E-state index is 12.7. The van der Waals surface area contributed by atoms with E-state index in [1.165, 1.54) is 25.5 Å². The van der Waals surface area contributed by atoms with E-state index in [1.54, 1.807) is 24.3 Å². The highest BCUT2D eigenvalue weighted by molar-refractivity contribution is 7.92. The zero-order chi connectivity index (χ0) is 20.4. The van der Waals surface area contributed by atoms with Crippen LogP contribution in [0.4, 0.5) is 5.69 Å². The molecule has 0 saturated heterocycles. The van der Waals surface area contributed by atoms with Crippen LogP contribution in [0.25, 0.3) is 11.4 Å². The second-order valence-electron chi connectivity index (χ2n) is 7.17. The minimum absolute atomic E-state index is 0.0528. The van der Waals surface area contributed by atoms with Crippen LogP contribution in [-0.4, -0.2) is 29.0 Å². The van der Waals surface area contributed by atoms with Crippen LogP contribution in [0.15, 0.2) is 53.4 Å². The Labute approximate surface area is 169 Å². The highest BCUT2D eigenvalue weighted by Crippen LogP contribution is 2.25. The Hall–Kier alpha value is -3.00. The molecular formula is C21H22N4O3S. The molecule has 1 aliphatic rings. The second-order valence-corrected chi connectivity index (χ2v) is 8.85. The quantitative estimate of drug-likeness (QED) is 0.648. The van der Waals surface area contributed by atoms with Crippen LogP contribution in [-0.2, 0) is 23.0 Å². The van der Waals surface area contributed by atoms with Gasteiger partial charge in [0, 0.05) is 29.8 Å². The van der Waals surface area contributed by atoms with Gasteiger partial charge < -0.3 is 4.57 Å². The molecule has 0 spiro atoms. The van der Waals surface area contributed by atoms with E-state index in [9.17, 15) is 13.2 Å². The Bertz CT molecular complexity index is 1150. The van der Waals surface area contributed by atoms with Crippen LogP contribution in [0.3, 0.4) is 0 Å². The zero-order valence-corrected chi connectivity index (χ0v) is 16.9. The van der Waals surface area contributed by atoms with Crippen molar-refractivity contribution >= 4 is 21.5 Å². The summed E-state index contributed by atoms with van der Waals surface area (Å²) in [6, 6.07) is 13.1. The van der Waals surface area contributed by atoms with Gasteiger partial charge in [-0.2, -0.15) is 0 Å². The topological polar surface area (TPSA) is 93.9 Å². The molecule has 2 heterocycles. The molecule has 7 nitrogen and oxygen atoms in total. The molecule has 0 fully saturated rings. The van der Waals surface area contributed by atoms with Crippen molar-refractivity contribution in [1.29, 1.82) is 0 Å². The van der Waals surface area contributed by atoms with E-state index in [2.05, 4.69) is 19.5 Å². The number of ketones is 1. The molecule has 0 radical (unpaired) electrons. The van der Waals surface area contributed by atoms with Gasteiger partial charge in [-0.1, -0.05) is 18.6 Å². The summed E-state index contributed by atoms with van der Waals surface area (Å²) >= 11 is 0. The molecule has 1 aromatic heterocycles. The average Bonchev–Trinajstić information content (AvgIpc) is 2.96. The van der Waals surface area contributed by atoms with Crippen LogP contribution in [0.2, 0.25) is 0 Å². The first-order valence-corrected chi connectivity index (χ1v) is 11.1. The number of anilines is 1. The van der Waals surface area contributed by atoms with Crippen molar-refractivity contribution in [2.75, 3.05) is 4.72 Å². The summed E-state index contributed by atoms with van der Waals surface area (Å²) in [7, 11) is -3.79. The van der Waals surface area contributed by atoms with Crippen molar-refractivity contribution in [3.8, 4) is 11.4 Å². The molecule has 0 atom stereocenters. The number of carbonyl (C=O) groups excluding carboxylic acids is 1. The molecule has 150 valence electrons. The number of fused-ring (bicyclic) bond motifs is 1. The van der Waals surface area contributed by atoms with Crippen molar-refractivity contribution in [3.05, 3.63) is 59.9 Å². The standard InChI is InChI=1S/C21H22N4O3S/c1-15(26)17-6-5-7-19(14-17)29(27,28)24-18-11-9-16(10-12-18)21-23-22-20-8-3-2-4-13-25(20)21/h5-7,9-12,14,24H,2-4,8,13H2,1H3. The maximum absolute atomic E-state index is 12.7. The number of benzene rings is 2. The first-order valence-electron chi connectivity index (χ1n) is 9.60. The lowest BCUT2D eigenvalue weighted by Gasteiger charge is -2.10. The molecule has 0 saturated carbocycles. The highest BCUT2D eigenvalue weighted by atomic mass is 32.2. The number of sulfonamides is 1. The van der Waals surface area contributed by atoms with Crippen molar-refractivity contribution < 1.29 is 13.2 Å². The van der Waals surface area contributed by atoms with Gasteiger partial charge in [0.15, 0.2) is 11.6 Å². The van der Waals surface area contributed by atoms with E-state index < -0.39 is 10.0 Å². The number of hydrogen-bond donors (Lipinski definition) is 1. The summed E-state index contributed by atoms with van der Waals surface area (Å²) < 4.78 is 30.1. The number of nitrogens with one attached hydrogen (secondary N) is 1. The summed E-state index contributed by atoms with van der Waals surface area (Å²) in [5, 5.41) is 8.64. The van der Waals surface area contributed by atoms with Gasteiger partial charge >= 0.3 is 0 Å². The monoisotopic (exact) mass is 410 g/mol. The van der Waals surface area contributed by atoms with E-state index in [1.807, 2.05) is 12.1 Å². The molecule has 0 bridgehead atoms. The lowest BCUT2D eigenvalue weighted by atomic mass is 10.2. The summed E-state index contributed by atoms with van der Waals surface area (Å²) in [4.78, 5) is 11.6. The van der Waals surface area contributed by atoms with Crippen molar-refractivity contribution in [3.63, 3.8) is 0 Å². The third-order valence-electron chi connectivity index (χ3n) is 5.06. The molecule has 0 aliphatic carbocycles. The number of aryl methyl sites for hydroxylation is 1. The first-order chi connectivity index (χ1) is 13.9. The normalized spacial score (nSPS) is 14.1. The first kappa shape index (κ1) is 19.3. The molecule has 1 N–H and O–H groups in total. The molecule has 29 heavy (non-hydrogen) atoms. The predicted octanol–water partition coefficient (Wildman–Crippen LogP) is 3.67. The van der Waals surface area contributed by atoms with Gasteiger partial charge in [-0.15, -0.1) is 10.2 Å². The summed E-state index contributed by atoms with van der Waals surface area (Å²) in [5.74, 6) is 1.64. The number of Topliss-reactive ketones (excluding diaryl/α,β-unsaturated/α-hetero) is 1. The van der Waals surface area contributed by atoms with Crippen molar-refractivity contribution in [2.24, 2.45) is 0 Å². The SMILES string of the molecule is CC(=O)c1cccc(S(=O)(=O)Nc2ccc(-c3nnc4n3CCCCC4)cc2)c1. The van der Waals surface area contributed by atoms with Gasteiger partial charge in [-0.05, 0) is 56.2 Å². The van der Waals surface area contributed by atoms with E-state index in [0.717, 1.165) is 43.0 Å². The van der Waals surface area contributed by atoms with Gasteiger partial charge in [-0.25, -0.2) is 8.42 Å². The van der Waals surface area contributed by atoms with Crippen molar-refractivity contribution in [2.45, 2.75) is 44.0 Å². The average molecular weight is 410 g/mol. The zero-order valence-electron chi connectivity index (χ0n) is 16.1. The van der Waals surface area contributed by atoms with Crippen LogP contribution in [0, 0.1) is 0 Å². The van der Waals surface area contributed by atoms with Crippen molar-refractivity contribution in [1.82, 2.24) is 14.8 Å². The van der Waals surface area contributed by atoms with Gasteiger partial charge in [0.25, 0.3) is 10.0 Å². The fourth-order valence-corrected chi connectivity index (χ4v) is 4.59. The third kappa shape index (κ3) is 4.07. The van der Waals surface area contributed by atoms with Gasteiger partial charge in [0.1, 0.15) is 5.82 Å². The molecule has 0 unspecified atom stereocenters. The molecule has 8 heteroatoms. The Balaban J connectivity index is 1.57. The minimum Gasteiger partial charge on any atom is -0.311 e. The number of rotatable bonds is 5. The molecule has 3 aromatic rings. The lowest BCUT2D eigenvalue weighted by Crippen LogP contribution is -2.13. The second kappa shape index (κ2) is 7.79. The number of aromatic nitrogens is 3. The Morgan fingerprint density at radius 2 is 1.83 bits per heavy atom. The molecule has 0 amide bonds. The fourth-order valence-electron chi connectivity index (χ4n) is 3.48. The van der Waals surface area contributed by atoms with E-state index in [4.69, 9.17) is 0 Å². The minimum atomic E-state index is -3.79. The van der Waals surface area contributed by atoms with E-state index in [-0.39, 0.29) is 10.7 Å². The maximum Gasteiger partial charge on any atom is 0.261 e. The fraction of sp³-hybridized carbons (Fsp3) is 0.286. The Kier molecular flexibility index (Phi) is 5.19. The summed E-state index contributed by atoms with van der Waals surface area (Å²) in [5.41, 5.74) is 1.69. The molecular weight excluding hydrogens is 388 g/mol. The smallest absolute Gasteiger partial charge is 0.261 e. The van der Waals surface area contributed by atoms with Gasteiger partial charge in [0.05, 0.1) is 4.90 Å². The predicted molar refractivity (Wildman–Crippen MR) is 110 cm³/mol. The van der Waals surface area contributed by atoms with E-state index >= 15 is 0 Å².